The Kier molecular flexibility index (Phi) is 7.61. The van der Waals surface area contributed by atoms with Crippen molar-refractivity contribution in [3.63, 3.8) is 0 Å². The second-order valence-electron chi connectivity index (χ2n) is 8.31. The van der Waals surface area contributed by atoms with Crippen molar-refractivity contribution in [2.45, 2.75) is 32.5 Å². The number of rotatable bonds is 8. The fraction of sp³-hybridized carbons (Fsp3) is 0.231. The van der Waals surface area contributed by atoms with Crippen LogP contribution in [0.5, 0.6) is 0 Å². The summed E-state index contributed by atoms with van der Waals surface area (Å²) < 4.78 is 34.6. The largest absolute Gasteiger partial charge is 0.465 e. The number of allylic oxidation sites excluding steroid dienone is 1. The molecule has 0 saturated carbocycles. The Bertz CT molecular complexity index is 1360. The molecule has 11 heteroatoms. The van der Waals surface area contributed by atoms with Crippen LogP contribution in [0.25, 0.3) is 11.4 Å². The number of amides is 3. The number of ether oxygens (including phenoxy) is 1. The van der Waals surface area contributed by atoms with Gasteiger partial charge in [-0.05, 0) is 25.5 Å². The summed E-state index contributed by atoms with van der Waals surface area (Å²) in [5.41, 5.74) is 1.02. The summed E-state index contributed by atoms with van der Waals surface area (Å²) >= 11 is 0. The molecule has 4 rings (SSSR count). The Balaban J connectivity index is 1.61. The molecule has 0 bridgehead atoms. The number of carbonyl (C=O) groups excluding carboxylic acids is 3. The van der Waals surface area contributed by atoms with Crippen molar-refractivity contribution in [2.24, 2.45) is 0 Å². The number of urea groups is 1. The van der Waals surface area contributed by atoms with E-state index in [0.29, 0.717) is 13.0 Å². The second-order valence-corrected chi connectivity index (χ2v) is 8.31. The number of halogens is 2. The van der Waals surface area contributed by atoms with Gasteiger partial charge in [-0.3, -0.25) is 9.69 Å². The van der Waals surface area contributed by atoms with E-state index < -0.39 is 35.7 Å². The Morgan fingerprint density at radius 3 is 2.59 bits per heavy atom. The third-order valence-corrected chi connectivity index (χ3v) is 5.90. The molecule has 1 atom stereocenters. The Morgan fingerprint density at radius 1 is 1.14 bits per heavy atom. The van der Waals surface area contributed by atoms with Gasteiger partial charge in [-0.1, -0.05) is 30.3 Å². The monoisotopic (exact) mass is 509 g/mol. The van der Waals surface area contributed by atoms with E-state index >= 15 is 0 Å². The molecule has 1 aliphatic rings. The van der Waals surface area contributed by atoms with E-state index in [9.17, 15) is 23.2 Å². The van der Waals surface area contributed by atoms with Gasteiger partial charge >= 0.3 is 12.0 Å². The zero-order chi connectivity index (χ0) is 26.5. The van der Waals surface area contributed by atoms with E-state index in [1.54, 1.807) is 12.4 Å². The molecular formula is C26H25F2N5O4. The van der Waals surface area contributed by atoms with E-state index in [1.807, 2.05) is 34.9 Å². The van der Waals surface area contributed by atoms with Gasteiger partial charge in [0.05, 0.1) is 12.7 Å². The highest BCUT2D eigenvalue weighted by molar-refractivity contribution is 6.01. The molecule has 0 saturated heterocycles. The molecule has 37 heavy (non-hydrogen) atoms. The van der Waals surface area contributed by atoms with Gasteiger partial charge in [-0.2, -0.15) is 0 Å². The molecule has 3 amide bonds. The number of nitrogens with zero attached hydrogens (tertiary/aromatic N) is 3. The summed E-state index contributed by atoms with van der Waals surface area (Å²) in [5.74, 6) is -2.85. The molecule has 1 aromatic heterocycles. The van der Waals surface area contributed by atoms with Gasteiger partial charge in [0.2, 0.25) is 5.91 Å². The van der Waals surface area contributed by atoms with Gasteiger partial charge in [-0.25, -0.2) is 23.4 Å². The number of methoxy groups -OCH3 is 1. The van der Waals surface area contributed by atoms with Crippen molar-refractivity contribution in [1.29, 1.82) is 0 Å². The second kappa shape index (κ2) is 11.0. The number of anilines is 1. The molecule has 0 fully saturated rings. The number of hydrogen-bond donors (Lipinski definition) is 2. The number of carbonyl (C=O) groups is 3. The highest BCUT2D eigenvalue weighted by Crippen LogP contribution is 2.27. The summed E-state index contributed by atoms with van der Waals surface area (Å²) in [6, 6.07) is 11.8. The molecule has 2 aromatic carbocycles. The maximum absolute atomic E-state index is 14.2. The van der Waals surface area contributed by atoms with E-state index in [4.69, 9.17) is 4.74 Å². The molecular weight excluding hydrogens is 484 g/mol. The topological polar surface area (TPSA) is 106 Å². The first kappa shape index (κ1) is 25.5. The van der Waals surface area contributed by atoms with Crippen LogP contribution >= 0.6 is 0 Å². The standard InChI is InChI=1S/C26H25F2N5O4/c1-16-22(25(35)37-2)24(31-26(36)30-16)33(18-10-11-19(27)20(28)15-18)21(34)9-6-13-32-14-12-29-23(32)17-7-4-3-5-8-17/h3-5,7-8,10-12,14-15,24H,6,9,13H2,1-2H3,(H2,30,31,36). The normalized spacial score (nSPS) is 15.1. The Hall–Kier alpha value is -4.54. The molecule has 1 unspecified atom stereocenters. The third-order valence-electron chi connectivity index (χ3n) is 5.90. The van der Waals surface area contributed by atoms with Gasteiger partial charge in [0.1, 0.15) is 12.0 Å². The molecule has 0 aliphatic carbocycles. The van der Waals surface area contributed by atoms with Crippen LogP contribution < -0.4 is 15.5 Å². The number of aryl methyl sites for hydroxylation is 1. The lowest BCUT2D eigenvalue weighted by Crippen LogP contribution is -2.59. The van der Waals surface area contributed by atoms with Crippen molar-refractivity contribution in [2.75, 3.05) is 12.0 Å². The summed E-state index contributed by atoms with van der Waals surface area (Å²) in [6.45, 7) is 1.93. The molecule has 9 nitrogen and oxygen atoms in total. The van der Waals surface area contributed by atoms with Crippen molar-refractivity contribution in [1.82, 2.24) is 20.2 Å². The van der Waals surface area contributed by atoms with Crippen molar-refractivity contribution in [3.05, 3.63) is 83.8 Å². The van der Waals surface area contributed by atoms with E-state index in [0.717, 1.165) is 35.5 Å². The fourth-order valence-electron chi connectivity index (χ4n) is 4.17. The lowest BCUT2D eigenvalue weighted by molar-refractivity contribution is -0.136. The minimum atomic E-state index is -1.30. The summed E-state index contributed by atoms with van der Waals surface area (Å²) in [4.78, 5) is 43.8. The molecule has 0 radical (unpaired) electrons. The number of imidazole rings is 1. The quantitative estimate of drug-likeness (QED) is 0.451. The molecule has 2 N–H and O–H groups in total. The van der Waals surface area contributed by atoms with E-state index in [2.05, 4.69) is 15.6 Å². The molecule has 2 heterocycles. The molecule has 3 aromatic rings. The SMILES string of the molecule is COC(=O)C1=C(C)NC(=O)NC1N(C(=O)CCCn1ccnc1-c1ccccc1)c1ccc(F)c(F)c1. The predicted molar refractivity (Wildman–Crippen MR) is 131 cm³/mol. The van der Waals surface area contributed by atoms with Crippen LogP contribution in [-0.2, 0) is 20.9 Å². The van der Waals surface area contributed by atoms with Crippen LogP contribution in [0, 0.1) is 11.6 Å². The first-order valence-electron chi connectivity index (χ1n) is 11.5. The van der Waals surface area contributed by atoms with Crippen LogP contribution in [0.15, 0.2) is 72.2 Å². The Morgan fingerprint density at radius 2 is 1.89 bits per heavy atom. The summed E-state index contributed by atoms with van der Waals surface area (Å²) in [7, 11) is 1.16. The minimum absolute atomic E-state index is 0.0291. The lowest BCUT2D eigenvalue weighted by atomic mass is 10.1. The van der Waals surface area contributed by atoms with Crippen molar-refractivity contribution < 1.29 is 27.9 Å². The van der Waals surface area contributed by atoms with Gasteiger partial charge in [-0.15, -0.1) is 0 Å². The van der Waals surface area contributed by atoms with Crippen molar-refractivity contribution in [3.8, 4) is 11.4 Å². The first-order chi connectivity index (χ1) is 17.8. The number of nitrogens with one attached hydrogen (secondary N) is 2. The Labute approximate surface area is 211 Å². The predicted octanol–water partition coefficient (Wildman–Crippen LogP) is 3.73. The average Bonchev–Trinajstić information content (AvgIpc) is 3.35. The zero-order valence-electron chi connectivity index (χ0n) is 20.2. The molecule has 0 spiro atoms. The van der Waals surface area contributed by atoms with E-state index in [1.165, 1.54) is 13.0 Å². The van der Waals surface area contributed by atoms with Crippen LogP contribution in [0.1, 0.15) is 19.8 Å². The average molecular weight is 510 g/mol. The van der Waals surface area contributed by atoms with Crippen LogP contribution in [-0.4, -0.2) is 40.7 Å². The highest BCUT2D eigenvalue weighted by atomic mass is 19.2. The maximum Gasteiger partial charge on any atom is 0.339 e. The van der Waals surface area contributed by atoms with Crippen LogP contribution in [0.2, 0.25) is 0 Å². The highest BCUT2D eigenvalue weighted by Gasteiger charge is 2.38. The lowest BCUT2D eigenvalue weighted by Gasteiger charge is -2.36. The van der Waals surface area contributed by atoms with Gasteiger partial charge in [0.25, 0.3) is 0 Å². The number of aromatic nitrogens is 2. The van der Waals surface area contributed by atoms with Gasteiger partial charge in [0, 0.05) is 48.4 Å². The van der Waals surface area contributed by atoms with E-state index in [-0.39, 0.29) is 23.4 Å². The number of esters is 1. The minimum Gasteiger partial charge on any atom is -0.465 e. The molecule has 1 aliphatic heterocycles. The third kappa shape index (κ3) is 5.50. The van der Waals surface area contributed by atoms with Crippen LogP contribution in [0.4, 0.5) is 19.3 Å². The summed E-state index contributed by atoms with van der Waals surface area (Å²) in [5, 5.41) is 5.00. The maximum atomic E-state index is 14.2. The van der Waals surface area contributed by atoms with Crippen molar-refractivity contribution >= 4 is 23.6 Å². The smallest absolute Gasteiger partial charge is 0.339 e. The zero-order valence-corrected chi connectivity index (χ0v) is 20.2. The molecule has 192 valence electrons. The fourth-order valence-corrected chi connectivity index (χ4v) is 4.17. The van der Waals surface area contributed by atoms with Crippen LogP contribution in [0.3, 0.4) is 0 Å². The van der Waals surface area contributed by atoms with Gasteiger partial charge < -0.3 is 19.9 Å². The first-order valence-corrected chi connectivity index (χ1v) is 11.5. The summed E-state index contributed by atoms with van der Waals surface area (Å²) in [6.07, 6.45) is 2.50. The van der Waals surface area contributed by atoms with Gasteiger partial charge in [0.15, 0.2) is 11.6 Å². The number of hydrogen-bond acceptors (Lipinski definition) is 5. The number of benzene rings is 2.